The Hall–Kier alpha value is -2.51. The van der Waals surface area contributed by atoms with Gasteiger partial charge >= 0.3 is 0 Å². The Morgan fingerprint density at radius 3 is 2.92 bits per heavy atom. The molecular formula is C19H20N4O2S. The van der Waals surface area contributed by atoms with Crippen LogP contribution in [0, 0.1) is 0 Å². The molecule has 26 heavy (non-hydrogen) atoms. The first-order valence-corrected chi connectivity index (χ1v) is 9.39. The minimum absolute atomic E-state index is 0.0371. The van der Waals surface area contributed by atoms with Crippen LogP contribution in [-0.2, 0) is 24.3 Å². The molecule has 0 bridgehead atoms. The summed E-state index contributed by atoms with van der Waals surface area (Å²) in [4.78, 5) is 36.1. The molecule has 0 aliphatic carbocycles. The van der Waals surface area contributed by atoms with Gasteiger partial charge in [0.25, 0.3) is 5.56 Å². The highest BCUT2D eigenvalue weighted by Gasteiger charge is 2.31. The van der Waals surface area contributed by atoms with Crippen LogP contribution in [0.15, 0.2) is 40.5 Å². The maximum atomic E-state index is 13.0. The maximum absolute atomic E-state index is 13.0. The van der Waals surface area contributed by atoms with Crippen molar-refractivity contribution >= 4 is 27.5 Å². The number of rotatable bonds is 3. The molecule has 6 nitrogen and oxygen atoms in total. The molecule has 0 spiro atoms. The van der Waals surface area contributed by atoms with Gasteiger partial charge in [0.1, 0.15) is 10.5 Å². The van der Waals surface area contributed by atoms with Crippen molar-refractivity contribution < 1.29 is 4.79 Å². The number of amides is 1. The fourth-order valence-corrected chi connectivity index (χ4v) is 4.21. The lowest BCUT2D eigenvalue weighted by Crippen LogP contribution is -2.49. The summed E-state index contributed by atoms with van der Waals surface area (Å²) in [6.07, 6.45) is 0.698. The van der Waals surface area contributed by atoms with Crippen LogP contribution in [0.5, 0.6) is 0 Å². The van der Waals surface area contributed by atoms with Gasteiger partial charge in [-0.25, -0.2) is 4.98 Å². The van der Waals surface area contributed by atoms with Gasteiger partial charge in [-0.3, -0.25) is 14.5 Å². The monoisotopic (exact) mass is 368 g/mol. The molecule has 3 aromatic rings. The summed E-state index contributed by atoms with van der Waals surface area (Å²) in [6, 6.07) is 9.87. The van der Waals surface area contributed by atoms with Gasteiger partial charge in [-0.1, -0.05) is 24.3 Å². The fourth-order valence-electron chi connectivity index (χ4n) is 3.48. The van der Waals surface area contributed by atoms with E-state index in [1.807, 2.05) is 30.6 Å². The Labute approximate surface area is 155 Å². The zero-order valence-electron chi connectivity index (χ0n) is 14.7. The summed E-state index contributed by atoms with van der Waals surface area (Å²) >= 11 is 1.37. The summed E-state index contributed by atoms with van der Waals surface area (Å²) in [5, 5.41) is 1.85. The third-order valence-electron chi connectivity index (χ3n) is 4.90. The van der Waals surface area contributed by atoms with Crippen molar-refractivity contribution in [2.75, 3.05) is 14.1 Å². The minimum atomic E-state index is -0.202. The van der Waals surface area contributed by atoms with Gasteiger partial charge in [0.05, 0.1) is 18.1 Å². The molecule has 1 aliphatic heterocycles. The first kappa shape index (κ1) is 16.9. The molecule has 0 radical (unpaired) electrons. The summed E-state index contributed by atoms with van der Waals surface area (Å²) < 4.78 is 0.617. The number of hydrogen-bond acceptors (Lipinski definition) is 5. The molecule has 2 aromatic heterocycles. The third kappa shape index (κ3) is 3.04. The molecule has 1 unspecified atom stereocenters. The molecule has 0 fully saturated rings. The van der Waals surface area contributed by atoms with E-state index in [1.54, 1.807) is 11.9 Å². The number of H-pyrrole nitrogens is 1. The maximum Gasteiger partial charge on any atom is 0.268 e. The lowest BCUT2D eigenvalue weighted by molar-refractivity contribution is -0.136. The van der Waals surface area contributed by atoms with Crippen LogP contribution in [0.4, 0.5) is 0 Å². The highest BCUT2D eigenvalue weighted by Crippen LogP contribution is 2.23. The molecule has 1 amide bonds. The number of fused-ring (bicyclic) bond motifs is 2. The summed E-state index contributed by atoms with van der Waals surface area (Å²) in [6.45, 7) is 1.04. The molecule has 1 N–H and O–H groups in total. The highest BCUT2D eigenvalue weighted by molar-refractivity contribution is 7.17. The number of nitrogens with zero attached hydrogens (tertiary/aromatic N) is 3. The van der Waals surface area contributed by atoms with Crippen molar-refractivity contribution in [3.63, 3.8) is 0 Å². The second-order valence-electron chi connectivity index (χ2n) is 6.75. The Balaban J connectivity index is 1.53. The van der Waals surface area contributed by atoms with Crippen molar-refractivity contribution in [1.82, 2.24) is 19.8 Å². The minimum Gasteiger partial charge on any atom is -0.337 e. The molecule has 3 heterocycles. The van der Waals surface area contributed by atoms with Crippen molar-refractivity contribution in [1.29, 1.82) is 0 Å². The van der Waals surface area contributed by atoms with E-state index in [-0.39, 0.29) is 24.1 Å². The number of carbonyl (C=O) groups excluding carboxylic acids is 1. The van der Waals surface area contributed by atoms with E-state index in [0.29, 0.717) is 22.5 Å². The zero-order valence-corrected chi connectivity index (χ0v) is 15.5. The first-order chi connectivity index (χ1) is 12.5. The van der Waals surface area contributed by atoms with Crippen LogP contribution < -0.4 is 5.56 Å². The van der Waals surface area contributed by atoms with Crippen LogP contribution in [0.25, 0.3) is 10.2 Å². The lowest BCUT2D eigenvalue weighted by Gasteiger charge is -2.35. The Kier molecular flexibility index (Phi) is 4.34. The number of aromatic amines is 1. The smallest absolute Gasteiger partial charge is 0.268 e. The van der Waals surface area contributed by atoms with Crippen LogP contribution in [0.3, 0.4) is 0 Å². The number of nitrogens with one attached hydrogen (secondary N) is 1. The van der Waals surface area contributed by atoms with Crippen molar-refractivity contribution in [2.24, 2.45) is 0 Å². The van der Waals surface area contributed by atoms with Gasteiger partial charge in [-0.2, -0.15) is 0 Å². The molecule has 4 rings (SSSR count). The summed E-state index contributed by atoms with van der Waals surface area (Å²) in [5.74, 6) is 0.547. The molecule has 1 atom stereocenters. The molecule has 134 valence electrons. The van der Waals surface area contributed by atoms with E-state index >= 15 is 0 Å². The van der Waals surface area contributed by atoms with Gasteiger partial charge in [0.2, 0.25) is 5.91 Å². The largest absolute Gasteiger partial charge is 0.337 e. The van der Waals surface area contributed by atoms with Crippen LogP contribution in [-0.4, -0.2) is 45.8 Å². The van der Waals surface area contributed by atoms with E-state index in [1.165, 1.54) is 22.5 Å². The molecule has 1 aromatic carbocycles. The zero-order chi connectivity index (χ0) is 18.3. The Bertz CT molecular complexity index is 1030. The van der Waals surface area contributed by atoms with Crippen molar-refractivity contribution in [2.45, 2.75) is 25.6 Å². The van der Waals surface area contributed by atoms with Gasteiger partial charge in [0.15, 0.2) is 0 Å². The standard InChI is InChI=1S/C19H20N4O2S/c1-22-10-13-6-4-3-5-12(13)9-15(22)19(25)23(2)11-16-20-14-7-8-26-17(14)18(24)21-16/h3-8,15H,9-11H2,1-2H3,(H,20,21,24). The highest BCUT2D eigenvalue weighted by atomic mass is 32.1. The Morgan fingerprint density at radius 1 is 1.35 bits per heavy atom. The molecule has 0 saturated heterocycles. The average Bonchev–Trinajstić information content (AvgIpc) is 3.09. The Morgan fingerprint density at radius 2 is 2.12 bits per heavy atom. The summed E-state index contributed by atoms with van der Waals surface area (Å²) in [5.41, 5.74) is 3.03. The van der Waals surface area contributed by atoms with E-state index in [9.17, 15) is 9.59 Å². The number of aromatic nitrogens is 2. The van der Waals surface area contributed by atoms with Crippen molar-refractivity contribution in [3.05, 3.63) is 63.0 Å². The normalized spacial score (nSPS) is 17.2. The second-order valence-corrected chi connectivity index (χ2v) is 7.66. The second kappa shape index (κ2) is 6.66. The van der Waals surface area contributed by atoms with E-state index in [4.69, 9.17) is 0 Å². The predicted octanol–water partition coefficient (Wildman–Crippen LogP) is 2.00. The van der Waals surface area contributed by atoms with Crippen molar-refractivity contribution in [3.8, 4) is 0 Å². The van der Waals surface area contributed by atoms with E-state index in [2.05, 4.69) is 27.0 Å². The van der Waals surface area contributed by atoms with Crippen LogP contribution >= 0.6 is 11.3 Å². The molecular weight excluding hydrogens is 348 g/mol. The molecule has 0 saturated carbocycles. The number of benzene rings is 1. The van der Waals surface area contributed by atoms with Crippen LogP contribution in [0.1, 0.15) is 17.0 Å². The lowest BCUT2D eigenvalue weighted by atomic mass is 9.94. The van der Waals surface area contributed by atoms with Gasteiger partial charge in [0, 0.05) is 13.6 Å². The molecule has 7 heteroatoms. The van der Waals surface area contributed by atoms with E-state index in [0.717, 1.165) is 6.54 Å². The van der Waals surface area contributed by atoms with Crippen LogP contribution in [0.2, 0.25) is 0 Å². The number of thiophene rings is 1. The predicted molar refractivity (Wildman–Crippen MR) is 102 cm³/mol. The number of hydrogen-bond donors (Lipinski definition) is 1. The quantitative estimate of drug-likeness (QED) is 0.768. The topological polar surface area (TPSA) is 69.3 Å². The van der Waals surface area contributed by atoms with E-state index < -0.39 is 0 Å². The summed E-state index contributed by atoms with van der Waals surface area (Å²) in [7, 11) is 3.73. The number of likely N-dealkylation sites (N-methyl/N-ethyl adjacent to an activating group) is 2. The third-order valence-corrected chi connectivity index (χ3v) is 5.80. The number of carbonyl (C=O) groups is 1. The SMILES string of the molecule is CN(Cc1nc2ccsc2c(=O)[nH]1)C(=O)C1Cc2ccccc2CN1C. The fraction of sp³-hybridized carbons (Fsp3) is 0.316. The van der Waals surface area contributed by atoms with Gasteiger partial charge in [-0.05, 0) is 36.0 Å². The molecule has 1 aliphatic rings. The first-order valence-electron chi connectivity index (χ1n) is 8.51. The van der Waals surface area contributed by atoms with Gasteiger partial charge in [-0.15, -0.1) is 11.3 Å². The average molecular weight is 368 g/mol. The van der Waals surface area contributed by atoms with Gasteiger partial charge < -0.3 is 9.88 Å².